The van der Waals surface area contributed by atoms with Crippen molar-refractivity contribution in [1.29, 1.82) is 0 Å². The van der Waals surface area contributed by atoms with Gasteiger partial charge in [-0.1, -0.05) is 80.3 Å². The Morgan fingerprint density at radius 1 is 0.667 bits per heavy atom. The SMILES string of the molecule is Oc1ccc(C[C@H]2CNC(=S)N2CC2CCCN2C[C@H](Cc2ccc(O)cc2)N2C[C@H](Cc3ccccc3)N(CC3CCCCCC3)C2=S)cc1. The van der Waals surface area contributed by atoms with Gasteiger partial charge < -0.3 is 30.2 Å². The van der Waals surface area contributed by atoms with Crippen molar-refractivity contribution in [3.63, 3.8) is 0 Å². The van der Waals surface area contributed by atoms with Gasteiger partial charge in [0.1, 0.15) is 11.5 Å². The highest BCUT2D eigenvalue weighted by Gasteiger charge is 2.41. The average Bonchev–Trinajstić information content (AvgIpc) is 3.73. The Bertz CT molecular complexity index is 1580. The van der Waals surface area contributed by atoms with Crippen LogP contribution in [0.5, 0.6) is 11.5 Å². The second-order valence-electron chi connectivity index (χ2n) is 15.5. The van der Waals surface area contributed by atoms with Crippen molar-refractivity contribution in [2.24, 2.45) is 5.92 Å². The molecule has 1 unspecified atom stereocenters. The normalized spacial score (nSPS) is 23.9. The summed E-state index contributed by atoms with van der Waals surface area (Å²) in [6, 6.07) is 27.6. The van der Waals surface area contributed by atoms with Crippen LogP contribution in [0.2, 0.25) is 0 Å². The standard InChI is InChI=1S/C42H55N5O2S2/c48-39-18-14-32(15-19-39)23-36-26-43-41(50)45(36)29-35-13-8-22-44(35)28-37(25-33-16-20-40(49)21-17-33)47-30-38(24-31-9-6-3-7-10-31)46(42(47)51)27-34-11-4-1-2-5-12-34/h3,6-7,9-10,14-21,34-38,48-49H,1-2,4-5,8,11-13,22-30H2,(H,43,50)/t35?,36-,37-,38-/m0/s1. The Balaban J connectivity index is 1.11. The van der Waals surface area contributed by atoms with Crippen molar-refractivity contribution in [1.82, 2.24) is 24.9 Å². The number of rotatable bonds is 13. The van der Waals surface area contributed by atoms with Gasteiger partial charge in [-0.25, -0.2) is 0 Å². The predicted molar refractivity (Wildman–Crippen MR) is 214 cm³/mol. The van der Waals surface area contributed by atoms with E-state index in [0.717, 1.165) is 75.2 Å². The molecule has 3 aliphatic heterocycles. The van der Waals surface area contributed by atoms with Crippen LogP contribution in [0, 0.1) is 5.92 Å². The van der Waals surface area contributed by atoms with E-state index in [-0.39, 0.29) is 6.04 Å². The highest BCUT2D eigenvalue weighted by molar-refractivity contribution is 7.80. The van der Waals surface area contributed by atoms with Gasteiger partial charge in [0.15, 0.2) is 10.2 Å². The zero-order chi connectivity index (χ0) is 35.2. The smallest absolute Gasteiger partial charge is 0.172 e. The van der Waals surface area contributed by atoms with Gasteiger partial charge in [-0.2, -0.15) is 0 Å². The topological polar surface area (TPSA) is 65.5 Å². The number of phenols is 2. The van der Waals surface area contributed by atoms with Gasteiger partial charge in [-0.3, -0.25) is 4.90 Å². The Labute approximate surface area is 315 Å². The number of benzene rings is 3. The van der Waals surface area contributed by atoms with Gasteiger partial charge in [0.05, 0.1) is 12.1 Å². The van der Waals surface area contributed by atoms with Gasteiger partial charge in [0, 0.05) is 44.8 Å². The molecule has 3 N–H and O–H groups in total. The molecule has 3 saturated heterocycles. The monoisotopic (exact) mass is 725 g/mol. The fourth-order valence-corrected chi connectivity index (χ4v) is 9.82. The van der Waals surface area contributed by atoms with Crippen molar-refractivity contribution < 1.29 is 10.2 Å². The summed E-state index contributed by atoms with van der Waals surface area (Å²) in [7, 11) is 0. The summed E-state index contributed by atoms with van der Waals surface area (Å²) in [5.41, 5.74) is 3.83. The molecule has 3 aromatic rings. The number of aromatic hydroxyl groups is 2. The molecule has 1 aliphatic carbocycles. The number of phenolic OH excluding ortho intramolecular Hbond substituents is 2. The first-order chi connectivity index (χ1) is 24.9. The van der Waals surface area contributed by atoms with E-state index in [4.69, 9.17) is 24.4 Å². The molecular formula is C42H55N5O2S2. The maximum absolute atomic E-state index is 10.1. The Kier molecular flexibility index (Phi) is 12.0. The molecule has 0 amide bonds. The fraction of sp³-hybridized carbons (Fsp3) is 0.524. The quantitative estimate of drug-likeness (QED) is 0.131. The van der Waals surface area contributed by atoms with E-state index >= 15 is 0 Å². The van der Waals surface area contributed by atoms with Gasteiger partial charge in [-0.15, -0.1) is 0 Å². The molecule has 272 valence electrons. The summed E-state index contributed by atoms with van der Waals surface area (Å²) >= 11 is 12.4. The molecule has 9 heteroatoms. The van der Waals surface area contributed by atoms with Crippen molar-refractivity contribution in [3.8, 4) is 11.5 Å². The van der Waals surface area contributed by atoms with E-state index in [9.17, 15) is 10.2 Å². The second kappa shape index (κ2) is 17.0. The summed E-state index contributed by atoms with van der Waals surface area (Å²) < 4.78 is 0. The number of likely N-dealkylation sites (tertiary alicyclic amines) is 1. The summed E-state index contributed by atoms with van der Waals surface area (Å²) in [5.74, 6) is 1.31. The lowest BCUT2D eigenvalue weighted by atomic mass is 9.98. The Morgan fingerprint density at radius 2 is 1.31 bits per heavy atom. The number of thiocarbonyl (C=S) groups is 2. The molecule has 7 rings (SSSR count). The molecule has 0 radical (unpaired) electrons. The number of hydrogen-bond acceptors (Lipinski definition) is 5. The van der Waals surface area contributed by atoms with Crippen LogP contribution < -0.4 is 5.32 Å². The van der Waals surface area contributed by atoms with Crippen molar-refractivity contribution in [2.45, 2.75) is 94.8 Å². The third-order valence-corrected chi connectivity index (χ3v) is 12.7. The van der Waals surface area contributed by atoms with E-state index in [2.05, 4.69) is 67.4 Å². The molecule has 4 aliphatic rings. The zero-order valence-corrected chi connectivity index (χ0v) is 31.5. The van der Waals surface area contributed by atoms with Crippen LogP contribution in [0.3, 0.4) is 0 Å². The third kappa shape index (κ3) is 9.16. The maximum atomic E-state index is 10.1. The summed E-state index contributed by atoms with van der Waals surface area (Å²) in [6.07, 6.45) is 13.1. The Morgan fingerprint density at radius 3 is 2.02 bits per heavy atom. The lowest BCUT2D eigenvalue weighted by Crippen LogP contribution is -2.51. The van der Waals surface area contributed by atoms with Crippen LogP contribution in [0.1, 0.15) is 68.1 Å². The minimum absolute atomic E-state index is 0.219. The average molecular weight is 726 g/mol. The number of hydrogen-bond donors (Lipinski definition) is 3. The first kappa shape index (κ1) is 36.0. The molecule has 3 heterocycles. The molecule has 4 fully saturated rings. The molecule has 0 spiro atoms. The highest BCUT2D eigenvalue weighted by Crippen LogP contribution is 2.31. The van der Waals surface area contributed by atoms with Crippen molar-refractivity contribution >= 4 is 34.7 Å². The van der Waals surface area contributed by atoms with Crippen LogP contribution in [0.15, 0.2) is 78.9 Å². The van der Waals surface area contributed by atoms with E-state index in [1.165, 1.54) is 61.6 Å². The largest absolute Gasteiger partial charge is 0.508 e. The van der Waals surface area contributed by atoms with E-state index < -0.39 is 0 Å². The van der Waals surface area contributed by atoms with Crippen LogP contribution in [0.4, 0.5) is 0 Å². The van der Waals surface area contributed by atoms with Gasteiger partial charge >= 0.3 is 0 Å². The molecule has 51 heavy (non-hydrogen) atoms. The highest BCUT2D eigenvalue weighted by atomic mass is 32.1. The molecular weight excluding hydrogens is 671 g/mol. The lowest BCUT2D eigenvalue weighted by molar-refractivity contribution is 0.159. The molecule has 7 nitrogen and oxygen atoms in total. The van der Waals surface area contributed by atoms with Crippen LogP contribution in [0.25, 0.3) is 0 Å². The zero-order valence-electron chi connectivity index (χ0n) is 29.9. The van der Waals surface area contributed by atoms with Crippen LogP contribution in [-0.2, 0) is 19.3 Å². The first-order valence-corrected chi connectivity index (χ1v) is 20.2. The number of nitrogens with one attached hydrogen (secondary N) is 1. The number of nitrogens with zero attached hydrogens (tertiary/aromatic N) is 4. The summed E-state index contributed by atoms with van der Waals surface area (Å²) in [6.45, 7) is 5.78. The second-order valence-corrected chi connectivity index (χ2v) is 16.2. The summed E-state index contributed by atoms with van der Waals surface area (Å²) in [5, 5.41) is 25.3. The Hall–Kier alpha value is -3.40. The minimum atomic E-state index is 0.219. The van der Waals surface area contributed by atoms with Gasteiger partial charge in [-0.05, 0) is 123 Å². The fourth-order valence-electron chi connectivity index (χ4n) is 9.06. The first-order valence-electron chi connectivity index (χ1n) is 19.3. The van der Waals surface area contributed by atoms with Crippen LogP contribution >= 0.6 is 24.4 Å². The minimum Gasteiger partial charge on any atom is -0.508 e. The van der Waals surface area contributed by atoms with Crippen LogP contribution in [-0.4, -0.2) is 103 Å². The predicted octanol–water partition coefficient (Wildman–Crippen LogP) is 6.76. The van der Waals surface area contributed by atoms with E-state index in [0.29, 0.717) is 35.5 Å². The van der Waals surface area contributed by atoms with Crippen molar-refractivity contribution in [2.75, 3.05) is 39.3 Å². The molecule has 4 atom stereocenters. The molecule has 0 bridgehead atoms. The van der Waals surface area contributed by atoms with Gasteiger partial charge in [0.2, 0.25) is 0 Å². The van der Waals surface area contributed by atoms with Crippen molar-refractivity contribution in [3.05, 3.63) is 95.6 Å². The molecule has 1 saturated carbocycles. The molecule has 3 aromatic carbocycles. The lowest BCUT2D eigenvalue weighted by Gasteiger charge is -2.37. The van der Waals surface area contributed by atoms with Gasteiger partial charge in [0.25, 0.3) is 0 Å². The van der Waals surface area contributed by atoms with E-state index in [1.54, 1.807) is 12.1 Å². The molecule has 0 aromatic heterocycles. The third-order valence-electron chi connectivity index (χ3n) is 11.9. The summed E-state index contributed by atoms with van der Waals surface area (Å²) in [4.78, 5) is 10.3. The van der Waals surface area contributed by atoms with E-state index in [1.807, 2.05) is 24.3 Å². The maximum Gasteiger partial charge on any atom is 0.172 e.